The van der Waals surface area contributed by atoms with Crippen LogP contribution in [0.25, 0.3) is 11.0 Å². The Hall–Kier alpha value is -3.50. The van der Waals surface area contributed by atoms with Gasteiger partial charge in [-0.1, -0.05) is 17.7 Å². The molecule has 0 radical (unpaired) electrons. The molecule has 4 heterocycles. The second-order valence-corrected chi connectivity index (χ2v) is 9.79. The monoisotopic (exact) mass is 525 g/mol. The van der Waals surface area contributed by atoms with Crippen molar-refractivity contribution < 1.29 is 13.9 Å². The van der Waals surface area contributed by atoms with Crippen LogP contribution in [0.5, 0.6) is 5.75 Å². The number of pyridine rings is 1. The minimum atomic E-state index is -0.628. The van der Waals surface area contributed by atoms with E-state index in [9.17, 15) is 9.18 Å². The number of hydrogen-bond donors (Lipinski definition) is 1. The van der Waals surface area contributed by atoms with Crippen LogP contribution >= 0.6 is 11.6 Å². The van der Waals surface area contributed by atoms with Crippen LogP contribution in [0.15, 0.2) is 42.7 Å². The Bertz CT molecular complexity index is 1350. The number of nitrogens with one attached hydrogen (secondary N) is 1. The lowest BCUT2D eigenvalue weighted by molar-refractivity contribution is -0.127. The van der Waals surface area contributed by atoms with E-state index in [4.69, 9.17) is 21.3 Å². The Morgan fingerprint density at radius 1 is 1.24 bits per heavy atom. The molecule has 2 aliphatic rings. The third kappa shape index (κ3) is 5.03. The molecule has 1 N–H and O–H groups in total. The maximum atomic E-state index is 14.9. The molecule has 2 saturated heterocycles. The summed E-state index contributed by atoms with van der Waals surface area (Å²) in [5, 5.41) is 2.92. The molecule has 2 bridgehead atoms. The van der Waals surface area contributed by atoms with Crippen molar-refractivity contribution in [3.63, 3.8) is 0 Å². The molecule has 9 nitrogen and oxygen atoms in total. The van der Waals surface area contributed by atoms with E-state index in [1.165, 1.54) is 6.33 Å². The number of halogens is 2. The van der Waals surface area contributed by atoms with Gasteiger partial charge in [-0.25, -0.2) is 19.3 Å². The normalized spacial score (nSPS) is 19.0. The van der Waals surface area contributed by atoms with E-state index in [2.05, 4.69) is 20.2 Å². The summed E-state index contributed by atoms with van der Waals surface area (Å²) in [5.74, 6) is 0.856. The van der Waals surface area contributed by atoms with Gasteiger partial charge in [0.25, 0.3) is 0 Å². The predicted octanol–water partition coefficient (Wildman–Crippen LogP) is 3.87. The lowest BCUT2D eigenvalue weighted by Crippen LogP contribution is -2.48. The van der Waals surface area contributed by atoms with Crippen molar-refractivity contribution in [2.75, 3.05) is 50.6 Å². The molecule has 2 atom stereocenters. The number of benzene rings is 1. The SMILES string of the molecule is CCOc1ccc(Nc2ncnc3ccc(N4C[C@@H]5C[C@H]4CN5C(=O)/C=C/CN(C)C)nc23)c(F)c1Cl. The molecule has 5 rings (SSSR count). The van der Waals surface area contributed by atoms with Crippen LogP contribution in [-0.2, 0) is 4.79 Å². The van der Waals surface area contributed by atoms with E-state index in [1.54, 1.807) is 18.2 Å². The number of fused-ring (bicyclic) bond motifs is 3. The number of nitrogens with zero attached hydrogens (tertiary/aromatic N) is 6. The van der Waals surface area contributed by atoms with Crippen molar-refractivity contribution >= 4 is 45.9 Å². The summed E-state index contributed by atoms with van der Waals surface area (Å²) in [4.78, 5) is 32.3. The second-order valence-electron chi connectivity index (χ2n) is 9.41. The first-order chi connectivity index (χ1) is 17.9. The summed E-state index contributed by atoms with van der Waals surface area (Å²) in [6.45, 7) is 4.28. The molecule has 0 unspecified atom stereocenters. The minimum Gasteiger partial charge on any atom is -0.492 e. The standard InChI is InChI=1S/C26H29ClFN7O2/c1-4-37-20-9-7-18(24(28)23(20)27)31-26-25-19(29-15-30-26)8-10-21(32-25)34-13-17-12-16(34)14-35(17)22(36)6-5-11-33(2)3/h5-10,15-17H,4,11-14H2,1-3H3,(H,29,30,31)/b6-5+/t16-,17-/m0/s1. The van der Waals surface area contributed by atoms with E-state index in [-0.39, 0.29) is 34.5 Å². The average molecular weight is 526 g/mol. The third-order valence-corrected chi connectivity index (χ3v) is 6.97. The molecule has 11 heteroatoms. The lowest BCUT2D eigenvalue weighted by atomic mass is 10.2. The topological polar surface area (TPSA) is 86.7 Å². The highest BCUT2D eigenvalue weighted by atomic mass is 35.5. The number of aromatic nitrogens is 3. The number of carbonyl (C=O) groups is 1. The molecule has 2 fully saturated rings. The zero-order valence-electron chi connectivity index (χ0n) is 21.0. The molecule has 0 saturated carbocycles. The Labute approximate surface area is 219 Å². The van der Waals surface area contributed by atoms with Crippen LogP contribution in [-0.4, -0.2) is 83.1 Å². The summed E-state index contributed by atoms with van der Waals surface area (Å²) in [6, 6.07) is 7.31. The zero-order valence-corrected chi connectivity index (χ0v) is 21.7. The number of hydrogen-bond acceptors (Lipinski definition) is 8. The number of piperazine rings is 1. The lowest BCUT2D eigenvalue weighted by Gasteiger charge is -2.34. The Morgan fingerprint density at radius 3 is 2.81 bits per heavy atom. The molecular formula is C26H29ClFN7O2. The maximum absolute atomic E-state index is 14.9. The van der Waals surface area contributed by atoms with E-state index >= 15 is 0 Å². The van der Waals surface area contributed by atoms with Gasteiger partial charge in [-0.15, -0.1) is 0 Å². The Morgan fingerprint density at radius 2 is 2.08 bits per heavy atom. The molecule has 37 heavy (non-hydrogen) atoms. The molecule has 1 aromatic carbocycles. The van der Waals surface area contributed by atoms with Gasteiger partial charge in [0.05, 0.1) is 29.9 Å². The van der Waals surface area contributed by atoms with Crippen LogP contribution in [0, 0.1) is 5.82 Å². The fourth-order valence-electron chi connectivity index (χ4n) is 4.88. The Balaban J connectivity index is 1.35. The summed E-state index contributed by atoms with van der Waals surface area (Å²) < 4.78 is 20.3. The number of carbonyl (C=O) groups excluding carboxylic acids is 1. The van der Waals surface area contributed by atoms with Gasteiger partial charge in [0.2, 0.25) is 5.91 Å². The highest BCUT2D eigenvalue weighted by Gasteiger charge is 2.45. The molecule has 194 valence electrons. The van der Waals surface area contributed by atoms with Gasteiger partial charge in [0, 0.05) is 25.7 Å². The van der Waals surface area contributed by atoms with Gasteiger partial charge in [-0.05, 0) is 51.7 Å². The van der Waals surface area contributed by atoms with Crippen LogP contribution in [0.3, 0.4) is 0 Å². The number of likely N-dealkylation sites (N-methyl/N-ethyl adjacent to an activating group) is 1. The van der Waals surface area contributed by atoms with Gasteiger partial charge in [0.15, 0.2) is 11.6 Å². The Kier molecular flexibility index (Phi) is 7.12. The fraction of sp³-hybridized carbons (Fsp3) is 0.385. The van der Waals surface area contributed by atoms with Crippen LogP contribution in [0.4, 0.5) is 21.7 Å². The summed E-state index contributed by atoms with van der Waals surface area (Å²) in [7, 11) is 3.94. The van der Waals surface area contributed by atoms with E-state index < -0.39 is 5.82 Å². The number of anilines is 3. The summed E-state index contributed by atoms with van der Waals surface area (Å²) in [6.07, 6.45) is 5.87. The number of rotatable bonds is 8. The second kappa shape index (κ2) is 10.5. The van der Waals surface area contributed by atoms with Crippen molar-refractivity contribution in [3.05, 3.63) is 53.6 Å². The van der Waals surface area contributed by atoms with E-state index in [1.807, 2.05) is 49.0 Å². The number of amides is 1. The fourth-order valence-corrected chi connectivity index (χ4v) is 5.10. The highest BCUT2D eigenvalue weighted by molar-refractivity contribution is 6.32. The van der Waals surface area contributed by atoms with Crippen molar-refractivity contribution in [1.82, 2.24) is 24.8 Å². The quantitative estimate of drug-likeness (QED) is 0.444. The first kappa shape index (κ1) is 25.2. The third-order valence-electron chi connectivity index (χ3n) is 6.62. The smallest absolute Gasteiger partial charge is 0.246 e. The zero-order chi connectivity index (χ0) is 26.1. The molecule has 3 aromatic rings. The van der Waals surface area contributed by atoms with Gasteiger partial charge in [-0.3, -0.25) is 4.79 Å². The van der Waals surface area contributed by atoms with Gasteiger partial charge < -0.3 is 24.8 Å². The molecule has 2 aromatic heterocycles. The maximum Gasteiger partial charge on any atom is 0.246 e. The number of ether oxygens (including phenoxy) is 1. The predicted molar refractivity (Wildman–Crippen MR) is 142 cm³/mol. The first-order valence-corrected chi connectivity index (χ1v) is 12.6. The van der Waals surface area contributed by atoms with Gasteiger partial charge in [0.1, 0.15) is 28.4 Å². The number of likely N-dealkylation sites (tertiary alicyclic amines) is 1. The van der Waals surface area contributed by atoms with Crippen molar-refractivity contribution in [1.29, 1.82) is 0 Å². The first-order valence-electron chi connectivity index (χ1n) is 12.2. The molecular weight excluding hydrogens is 497 g/mol. The van der Waals surface area contributed by atoms with Gasteiger partial charge in [-0.2, -0.15) is 0 Å². The van der Waals surface area contributed by atoms with E-state index in [0.29, 0.717) is 36.5 Å². The summed E-state index contributed by atoms with van der Waals surface area (Å²) >= 11 is 6.16. The molecule has 1 amide bonds. The summed E-state index contributed by atoms with van der Waals surface area (Å²) in [5.41, 5.74) is 1.31. The van der Waals surface area contributed by atoms with Gasteiger partial charge >= 0.3 is 0 Å². The molecule has 0 spiro atoms. The van der Waals surface area contributed by atoms with E-state index in [0.717, 1.165) is 18.8 Å². The van der Waals surface area contributed by atoms with Crippen LogP contribution in [0.1, 0.15) is 13.3 Å². The van der Waals surface area contributed by atoms with Crippen molar-refractivity contribution in [2.24, 2.45) is 0 Å². The molecule has 0 aliphatic carbocycles. The largest absolute Gasteiger partial charge is 0.492 e. The highest BCUT2D eigenvalue weighted by Crippen LogP contribution is 2.36. The van der Waals surface area contributed by atoms with Crippen LogP contribution < -0.4 is 15.0 Å². The average Bonchev–Trinajstić information content (AvgIpc) is 3.50. The van der Waals surface area contributed by atoms with Crippen molar-refractivity contribution in [2.45, 2.75) is 25.4 Å². The minimum absolute atomic E-state index is 0.0522. The van der Waals surface area contributed by atoms with Crippen molar-refractivity contribution in [3.8, 4) is 5.75 Å². The molecule has 2 aliphatic heterocycles. The van der Waals surface area contributed by atoms with Crippen LogP contribution in [0.2, 0.25) is 5.02 Å².